The van der Waals surface area contributed by atoms with E-state index in [1.807, 2.05) is 4.90 Å². The predicted octanol–water partition coefficient (Wildman–Crippen LogP) is 2.46. The van der Waals surface area contributed by atoms with Crippen LogP contribution in [0.5, 0.6) is 0 Å². The average Bonchev–Trinajstić information content (AvgIpc) is 2.90. The Morgan fingerprint density at radius 1 is 1.42 bits per heavy atom. The summed E-state index contributed by atoms with van der Waals surface area (Å²) in [7, 11) is 0. The van der Waals surface area contributed by atoms with Gasteiger partial charge in [0, 0.05) is 24.7 Å². The first-order valence-electron chi connectivity index (χ1n) is 6.49. The van der Waals surface area contributed by atoms with Crippen molar-refractivity contribution in [2.75, 3.05) is 19.6 Å². The van der Waals surface area contributed by atoms with Crippen LogP contribution in [0.15, 0.2) is 24.3 Å². The molecule has 0 saturated carbocycles. The minimum atomic E-state index is -0.309. The number of rotatable bonds is 4. The van der Waals surface area contributed by atoms with E-state index in [2.05, 4.69) is 12.2 Å². The summed E-state index contributed by atoms with van der Waals surface area (Å²) in [6.45, 7) is 4.63. The molecule has 1 unspecified atom stereocenters. The van der Waals surface area contributed by atoms with Crippen molar-refractivity contribution in [2.45, 2.75) is 25.8 Å². The molecule has 1 aromatic carbocycles. The Morgan fingerprint density at radius 2 is 2.11 bits per heavy atom. The molecule has 0 spiro atoms. The molecule has 1 saturated heterocycles. The third-order valence-electron chi connectivity index (χ3n) is 3.29. The molecule has 0 bridgehead atoms. The summed E-state index contributed by atoms with van der Waals surface area (Å²) >= 11 is 0. The maximum atomic E-state index is 12.9. The van der Waals surface area contributed by atoms with E-state index in [0.29, 0.717) is 5.56 Å². The van der Waals surface area contributed by atoms with Crippen molar-refractivity contribution in [3.05, 3.63) is 35.6 Å². The zero-order valence-corrected chi connectivity index (χ0v) is 11.9. The van der Waals surface area contributed by atoms with E-state index in [-0.39, 0.29) is 30.2 Å². The maximum Gasteiger partial charge on any atom is 0.254 e. The van der Waals surface area contributed by atoms with Crippen molar-refractivity contribution >= 4 is 18.3 Å². The second-order valence-electron chi connectivity index (χ2n) is 4.65. The van der Waals surface area contributed by atoms with Crippen LogP contribution >= 0.6 is 12.4 Å². The van der Waals surface area contributed by atoms with Crippen molar-refractivity contribution in [3.8, 4) is 0 Å². The fraction of sp³-hybridized carbons (Fsp3) is 0.500. The zero-order valence-electron chi connectivity index (χ0n) is 11.1. The largest absolute Gasteiger partial charge is 0.334 e. The molecule has 1 aromatic rings. The molecule has 3 nitrogen and oxygen atoms in total. The van der Waals surface area contributed by atoms with Crippen LogP contribution in [0.4, 0.5) is 4.39 Å². The van der Waals surface area contributed by atoms with Crippen LogP contribution in [0, 0.1) is 5.82 Å². The minimum absolute atomic E-state index is 0. The lowest BCUT2D eigenvalue weighted by Gasteiger charge is -2.28. The molecule has 1 N–H and O–H groups in total. The average molecular weight is 287 g/mol. The van der Waals surface area contributed by atoms with Gasteiger partial charge >= 0.3 is 0 Å². The van der Waals surface area contributed by atoms with E-state index in [1.165, 1.54) is 12.1 Å². The fourth-order valence-electron chi connectivity index (χ4n) is 2.35. The monoisotopic (exact) mass is 286 g/mol. The number of benzene rings is 1. The Hall–Kier alpha value is -1.13. The lowest BCUT2D eigenvalue weighted by molar-refractivity contribution is 0.0692. The number of nitrogens with zero attached hydrogens (tertiary/aromatic N) is 1. The van der Waals surface area contributed by atoms with Crippen LogP contribution in [0.2, 0.25) is 0 Å². The summed E-state index contributed by atoms with van der Waals surface area (Å²) in [4.78, 5) is 14.3. The van der Waals surface area contributed by atoms with Crippen LogP contribution < -0.4 is 5.32 Å². The van der Waals surface area contributed by atoms with Gasteiger partial charge in [-0.3, -0.25) is 4.79 Å². The van der Waals surface area contributed by atoms with E-state index in [4.69, 9.17) is 0 Å². The van der Waals surface area contributed by atoms with Crippen LogP contribution in [-0.4, -0.2) is 36.5 Å². The maximum absolute atomic E-state index is 12.9. The highest BCUT2D eigenvalue weighted by Gasteiger charge is 2.26. The van der Waals surface area contributed by atoms with E-state index >= 15 is 0 Å². The summed E-state index contributed by atoms with van der Waals surface area (Å²) in [6.07, 6.45) is 1.93. The molecule has 2 rings (SSSR count). The quantitative estimate of drug-likeness (QED) is 0.922. The molecule has 106 valence electrons. The predicted molar refractivity (Wildman–Crippen MR) is 76.3 cm³/mol. The van der Waals surface area contributed by atoms with Crippen molar-refractivity contribution < 1.29 is 9.18 Å². The number of halogens is 2. The second-order valence-corrected chi connectivity index (χ2v) is 4.65. The van der Waals surface area contributed by atoms with Gasteiger partial charge in [-0.15, -0.1) is 12.4 Å². The zero-order chi connectivity index (χ0) is 13.0. The van der Waals surface area contributed by atoms with Gasteiger partial charge in [-0.2, -0.15) is 0 Å². The first-order valence-corrected chi connectivity index (χ1v) is 6.49. The molecule has 1 fully saturated rings. The molecule has 0 aliphatic carbocycles. The first kappa shape index (κ1) is 15.9. The Morgan fingerprint density at radius 3 is 2.63 bits per heavy atom. The fourth-order valence-corrected chi connectivity index (χ4v) is 2.35. The highest BCUT2D eigenvalue weighted by atomic mass is 35.5. The molecule has 0 aromatic heterocycles. The van der Waals surface area contributed by atoms with Gasteiger partial charge in [0.15, 0.2) is 0 Å². The van der Waals surface area contributed by atoms with Crippen LogP contribution in [-0.2, 0) is 0 Å². The summed E-state index contributed by atoms with van der Waals surface area (Å²) in [6, 6.07) is 6.06. The van der Waals surface area contributed by atoms with Crippen molar-refractivity contribution in [3.63, 3.8) is 0 Å². The minimum Gasteiger partial charge on any atom is -0.334 e. The SMILES string of the molecule is CCCN(C(=O)c1ccc(F)cc1)C1CCNC1.Cl. The summed E-state index contributed by atoms with van der Waals surface area (Å²) in [5, 5.41) is 3.27. The van der Waals surface area contributed by atoms with E-state index in [0.717, 1.165) is 32.5 Å². The van der Waals surface area contributed by atoms with Crippen LogP contribution in [0.1, 0.15) is 30.1 Å². The number of carbonyl (C=O) groups is 1. The second kappa shape index (κ2) is 7.46. The van der Waals surface area contributed by atoms with Crippen molar-refractivity contribution in [1.29, 1.82) is 0 Å². The third-order valence-corrected chi connectivity index (χ3v) is 3.29. The Bertz CT molecular complexity index is 404. The van der Waals surface area contributed by atoms with Gasteiger partial charge in [-0.25, -0.2) is 4.39 Å². The van der Waals surface area contributed by atoms with Crippen molar-refractivity contribution in [2.24, 2.45) is 0 Å². The summed E-state index contributed by atoms with van der Waals surface area (Å²) < 4.78 is 12.9. The summed E-state index contributed by atoms with van der Waals surface area (Å²) in [5.74, 6) is -0.304. The van der Waals surface area contributed by atoms with Crippen LogP contribution in [0.3, 0.4) is 0 Å². The van der Waals surface area contributed by atoms with Gasteiger partial charge < -0.3 is 10.2 Å². The first-order chi connectivity index (χ1) is 8.72. The number of nitrogens with one attached hydrogen (secondary N) is 1. The van der Waals surface area contributed by atoms with Gasteiger partial charge in [-0.05, 0) is 43.7 Å². The van der Waals surface area contributed by atoms with Gasteiger partial charge in [0.05, 0.1) is 0 Å². The Labute approximate surface area is 119 Å². The molecule has 1 atom stereocenters. The molecule has 5 heteroatoms. The normalized spacial score (nSPS) is 17.9. The van der Waals surface area contributed by atoms with Gasteiger partial charge in [0.2, 0.25) is 0 Å². The number of carbonyl (C=O) groups excluding carboxylic acids is 1. The number of hydrogen-bond acceptors (Lipinski definition) is 2. The molecule has 1 aliphatic rings. The molecular weight excluding hydrogens is 267 g/mol. The van der Waals surface area contributed by atoms with Gasteiger partial charge in [0.25, 0.3) is 5.91 Å². The Kier molecular flexibility index (Phi) is 6.25. The van der Waals surface area contributed by atoms with E-state index < -0.39 is 0 Å². The molecule has 0 radical (unpaired) electrons. The van der Waals surface area contributed by atoms with E-state index in [9.17, 15) is 9.18 Å². The van der Waals surface area contributed by atoms with Crippen molar-refractivity contribution in [1.82, 2.24) is 10.2 Å². The van der Waals surface area contributed by atoms with Crippen LogP contribution in [0.25, 0.3) is 0 Å². The highest BCUT2D eigenvalue weighted by molar-refractivity contribution is 5.94. The molecule has 1 amide bonds. The lowest BCUT2D eigenvalue weighted by Crippen LogP contribution is -2.42. The molecule has 19 heavy (non-hydrogen) atoms. The third kappa shape index (κ3) is 3.91. The van der Waals surface area contributed by atoms with Gasteiger partial charge in [-0.1, -0.05) is 6.92 Å². The molecule has 1 aliphatic heterocycles. The number of hydrogen-bond donors (Lipinski definition) is 1. The standard InChI is InChI=1S/C14H19FN2O.ClH/c1-2-9-17(13-7-8-16-10-13)14(18)11-3-5-12(15)6-4-11;/h3-6,13,16H,2,7-10H2,1H3;1H. The topological polar surface area (TPSA) is 32.3 Å². The number of amides is 1. The molecule has 1 heterocycles. The Balaban J connectivity index is 0.00000180. The molecular formula is C14H20ClFN2O. The van der Waals surface area contributed by atoms with E-state index in [1.54, 1.807) is 12.1 Å². The highest BCUT2D eigenvalue weighted by Crippen LogP contribution is 2.14. The smallest absolute Gasteiger partial charge is 0.254 e. The summed E-state index contributed by atoms with van der Waals surface area (Å²) in [5.41, 5.74) is 0.566. The lowest BCUT2D eigenvalue weighted by atomic mass is 10.1. The van der Waals surface area contributed by atoms with Gasteiger partial charge in [0.1, 0.15) is 5.82 Å².